The fourth-order valence-electron chi connectivity index (χ4n) is 2.62. The number of anilines is 3. The maximum Gasteiger partial charge on any atom is 0.229 e. The minimum Gasteiger partial charge on any atom is -0.367 e. The van der Waals surface area contributed by atoms with Gasteiger partial charge in [-0.3, -0.25) is 0 Å². The minimum absolute atomic E-state index is 0.555. The molecular weight excluding hydrogens is 328 g/mol. The summed E-state index contributed by atoms with van der Waals surface area (Å²) in [5, 5.41) is 6.74. The van der Waals surface area contributed by atoms with Crippen LogP contribution in [-0.2, 0) is 0 Å². The lowest BCUT2D eigenvalue weighted by Crippen LogP contribution is -2.15. The van der Waals surface area contributed by atoms with Crippen molar-refractivity contribution in [3.05, 3.63) is 40.5 Å². The van der Waals surface area contributed by atoms with Gasteiger partial charge in [0.1, 0.15) is 5.82 Å². The molecule has 1 heterocycles. The van der Waals surface area contributed by atoms with E-state index in [1.807, 2.05) is 12.1 Å². The number of benzene rings is 1. The Labute approximate surface area is 133 Å². The van der Waals surface area contributed by atoms with Gasteiger partial charge in [0, 0.05) is 16.7 Å². The van der Waals surface area contributed by atoms with Crippen molar-refractivity contribution < 1.29 is 0 Å². The Morgan fingerprint density at radius 1 is 1.19 bits per heavy atom. The lowest BCUT2D eigenvalue weighted by molar-refractivity contribution is 0.750. The fraction of sp³-hybridized carbons (Fsp3) is 0.375. The van der Waals surface area contributed by atoms with E-state index in [0.717, 1.165) is 16.0 Å². The van der Waals surface area contributed by atoms with Crippen molar-refractivity contribution in [2.24, 2.45) is 0 Å². The molecule has 0 aliphatic heterocycles. The first-order chi connectivity index (χ1) is 10.2. The summed E-state index contributed by atoms with van der Waals surface area (Å²) < 4.78 is 1.01. The quantitative estimate of drug-likeness (QED) is 0.846. The Kier molecular flexibility index (Phi) is 4.39. The van der Waals surface area contributed by atoms with E-state index in [9.17, 15) is 0 Å². The van der Waals surface area contributed by atoms with Gasteiger partial charge in [-0.25, -0.2) is 4.98 Å². The zero-order chi connectivity index (χ0) is 14.7. The third-order valence-corrected chi connectivity index (χ3v) is 4.39. The molecule has 0 atom stereocenters. The zero-order valence-corrected chi connectivity index (χ0v) is 13.7. The van der Waals surface area contributed by atoms with Gasteiger partial charge in [0.2, 0.25) is 5.95 Å². The average molecular weight is 347 g/mol. The summed E-state index contributed by atoms with van der Waals surface area (Å²) in [6.07, 6.45) is 6.87. The van der Waals surface area contributed by atoms with Gasteiger partial charge < -0.3 is 10.6 Å². The van der Waals surface area contributed by atoms with E-state index in [-0.39, 0.29) is 0 Å². The Morgan fingerprint density at radius 3 is 2.76 bits per heavy atom. The molecule has 1 saturated carbocycles. The monoisotopic (exact) mass is 346 g/mol. The number of aryl methyl sites for hydroxylation is 1. The summed E-state index contributed by atoms with van der Waals surface area (Å²) in [5.41, 5.74) is 2.18. The molecule has 1 aliphatic rings. The van der Waals surface area contributed by atoms with Crippen LogP contribution < -0.4 is 10.6 Å². The summed E-state index contributed by atoms with van der Waals surface area (Å²) in [6, 6.07) is 8.64. The van der Waals surface area contributed by atoms with Gasteiger partial charge in [0.05, 0.1) is 5.69 Å². The molecule has 2 N–H and O–H groups in total. The first kappa shape index (κ1) is 14.3. The van der Waals surface area contributed by atoms with Crippen LogP contribution in [0.25, 0.3) is 0 Å². The molecule has 5 heteroatoms. The highest BCUT2D eigenvalue weighted by atomic mass is 79.9. The van der Waals surface area contributed by atoms with Crippen LogP contribution in [0.2, 0.25) is 0 Å². The van der Waals surface area contributed by atoms with Crippen molar-refractivity contribution >= 4 is 33.4 Å². The highest BCUT2D eigenvalue weighted by molar-refractivity contribution is 9.10. The van der Waals surface area contributed by atoms with E-state index in [0.29, 0.717) is 12.0 Å². The Morgan fingerprint density at radius 2 is 2.00 bits per heavy atom. The van der Waals surface area contributed by atoms with Crippen molar-refractivity contribution in [3.8, 4) is 0 Å². The lowest BCUT2D eigenvalue weighted by atomic mass is 10.2. The predicted octanol–water partition coefficient (Wildman–Crippen LogP) is 4.65. The highest BCUT2D eigenvalue weighted by Crippen LogP contribution is 2.26. The molecule has 21 heavy (non-hydrogen) atoms. The highest BCUT2D eigenvalue weighted by Gasteiger charge is 2.15. The maximum atomic E-state index is 4.54. The van der Waals surface area contributed by atoms with Crippen molar-refractivity contribution in [1.29, 1.82) is 0 Å². The molecule has 0 bridgehead atoms. The number of nitrogens with one attached hydrogen (secondary N) is 2. The van der Waals surface area contributed by atoms with Crippen LogP contribution in [0.3, 0.4) is 0 Å². The Balaban J connectivity index is 1.73. The van der Waals surface area contributed by atoms with Crippen LogP contribution in [0.1, 0.15) is 31.2 Å². The number of aromatic nitrogens is 2. The lowest BCUT2D eigenvalue weighted by Gasteiger charge is -2.13. The molecule has 1 aliphatic carbocycles. The van der Waals surface area contributed by atoms with Crippen LogP contribution in [0, 0.1) is 6.92 Å². The summed E-state index contributed by atoms with van der Waals surface area (Å²) in [6.45, 7) is 2.07. The van der Waals surface area contributed by atoms with Crippen LogP contribution in [-0.4, -0.2) is 16.0 Å². The molecule has 1 aromatic heterocycles. The standard InChI is InChI=1S/C16H19BrN4/c1-11-6-7-14(13(17)10-11)20-16-18-9-8-15(21-16)19-12-4-2-3-5-12/h6-10,12H,2-5H2,1H3,(H2,18,19,20,21). The normalized spacial score (nSPS) is 15.1. The molecule has 1 fully saturated rings. The van der Waals surface area contributed by atoms with Crippen molar-refractivity contribution in [2.45, 2.75) is 38.6 Å². The molecular formula is C16H19BrN4. The van der Waals surface area contributed by atoms with E-state index < -0.39 is 0 Å². The summed E-state index contributed by atoms with van der Waals surface area (Å²) >= 11 is 3.56. The molecule has 0 spiro atoms. The predicted molar refractivity (Wildman–Crippen MR) is 90.1 cm³/mol. The molecule has 3 rings (SSSR count). The largest absolute Gasteiger partial charge is 0.367 e. The molecule has 2 aromatic rings. The van der Waals surface area contributed by atoms with Crippen LogP contribution in [0.5, 0.6) is 0 Å². The van der Waals surface area contributed by atoms with Gasteiger partial charge in [-0.2, -0.15) is 4.98 Å². The molecule has 1 aromatic carbocycles. The number of halogens is 1. The van der Waals surface area contributed by atoms with Gasteiger partial charge >= 0.3 is 0 Å². The van der Waals surface area contributed by atoms with Gasteiger partial charge in [-0.15, -0.1) is 0 Å². The topological polar surface area (TPSA) is 49.8 Å². The molecule has 4 nitrogen and oxygen atoms in total. The summed E-state index contributed by atoms with van der Waals surface area (Å²) in [5.74, 6) is 1.50. The Bertz CT molecular complexity index is 623. The molecule has 0 amide bonds. The summed E-state index contributed by atoms with van der Waals surface area (Å²) in [7, 11) is 0. The molecule has 0 unspecified atom stereocenters. The smallest absolute Gasteiger partial charge is 0.229 e. The zero-order valence-electron chi connectivity index (χ0n) is 12.1. The van der Waals surface area contributed by atoms with E-state index in [4.69, 9.17) is 0 Å². The van der Waals surface area contributed by atoms with Crippen LogP contribution in [0.4, 0.5) is 17.5 Å². The fourth-order valence-corrected chi connectivity index (χ4v) is 3.21. The van der Waals surface area contributed by atoms with Crippen molar-refractivity contribution in [3.63, 3.8) is 0 Å². The SMILES string of the molecule is Cc1ccc(Nc2nccc(NC3CCCC3)n2)c(Br)c1. The Hall–Kier alpha value is -1.62. The second kappa shape index (κ2) is 6.43. The van der Waals surface area contributed by atoms with Crippen LogP contribution >= 0.6 is 15.9 Å². The number of rotatable bonds is 4. The van der Waals surface area contributed by atoms with E-state index >= 15 is 0 Å². The maximum absolute atomic E-state index is 4.54. The van der Waals surface area contributed by atoms with Crippen LogP contribution in [0.15, 0.2) is 34.9 Å². The second-order valence-corrected chi connectivity index (χ2v) is 6.35. The van der Waals surface area contributed by atoms with Crippen molar-refractivity contribution in [2.75, 3.05) is 10.6 Å². The van der Waals surface area contributed by atoms with E-state index in [1.165, 1.54) is 31.2 Å². The minimum atomic E-state index is 0.555. The van der Waals surface area contributed by atoms with Gasteiger partial charge in [-0.05, 0) is 59.5 Å². The number of hydrogen-bond donors (Lipinski definition) is 2. The van der Waals surface area contributed by atoms with Crippen molar-refractivity contribution in [1.82, 2.24) is 9.97 Å². The first-order valence-electron chi connectivity index (χ1n) is 7.33. The average Bonchev–Trinajstić information content (AvgIpc) is 2.95. The second-order valence-electron chi connectivity index (χ2n) is 5.50. The van der Waals surface area contributed by atoms with E-state index in [1.54, 1.807) is 6.20 Å². The molecule has 0 radical (unpaired) electrons. The molecule has 110 valence electrons. The number of hydrogen-bond acceptors (Lipinski definition) is 4. The van der Waals surface area contributed by atoms with Gasteiger partial charge in [0.15, 0.2) is 0 Å². The number of nitrogens with zero attached hydrogens (tertiary/aromatic N) is 2. The third-order valence-electron chi connectivity index (χ3n) is 3.73. The van der Waals surface area contributed by atoms with E-state index in [2.05, 4.69) is 55.6 Å². The summed E-state index contributed by atoms with van der Waals surface area (Å²) in [4.78, 5) is 8.83. The van der Waals surface area contributed by atoms with Gasteiger partial charge in [0.25, 0.3) is 0 Å². The van der Waals surface area contributed by atoms with Gasteiger partial charge in [-0.1, -0.05) is 18.9 Å². The molecule has 0 saturated heterocycles. The third kappa shape index (κ3) is 3.73. The first-order valence-corrected chi connectivity index (χ1v) is 8.13.